The molecule has 0 fully saturated rings. The number of aryl methyl sites for hydroxylation is 2. The van der Waals surface area contributed by atoms with Crippen molar-refractivity contribution in [2.45, 2.75) is 40.3 Å². The predicted molar refractivity (Wildman–Crippen MR) is 107 cm³/mol. The van der Waals surface area contributed by atoms with Gasteiger partial charge in [0.15, 0.2) is 0 Å². The van der Waals surface area contributed by atoms with Gasteiger partial charge in [0, 0.05) is 34.9 Å². The molecule has 0 radical (unpaired) electrons. The quantitative estimate of drug-likeness (QED) is 0.707. The van der Waals surface area contributed by atoms with Crippen LogP contribution in [0.1, 0.15) is 30.3 Å². The molecule has 0 saturated heterocycles. The second kappa shape index (κ2) is 7.96. The van der Waals surface area contributed by atoms with Crippen LogP contribution < -0.4 is 10.9 Å². The minimum Gasteiger partial charge on any atom is -0.355 e. The second-order valence-electron chi connectivity index (χ2n) is 6.63. The Kier molecular flexibility index (Phi) is 5.65. The molecular weight excluding hydrogens is 364 g/mol. The van der Waals surface area contributed by atoms with Gasteiger partial charge in [-0.15, -0.1) is 0 Å². The molecule has 0 bridgehead atoms. The van der Waals surface area contributed by atoms with E-state index >= 15 is 0 Å². The molecule has 0 unspecified atom stereocenters. The average Bonchev–Trinajstić information content (AvgIpc) is 2.87. The molecule has 27 heavy (non-hydrogen) atoms. The Morgan fingerprint density at radius 1 is 1.26 bits per heavy atom. The summed E-state index contributed by atoms with van der Waals surface area (Å²) in [5.74, 6) is -0.210. The lowest BCUT2D eigenvalue weighted by molar-refractivity contribution is -0.121. The van der Waals surface area contributed by atoms with Gasteiger partial charge in [-0.25, -0.2) is 4.68 Å². The van der Waals surface area contributed by atoms with E-state index in [1.165, 1.54) is 4.68 Å². The van der Waals surface area contributed by atoms with E-state index in [0.29, 0.717) is 23.5 Å². The second-order valence-corrected chi connectivity index (χ2v) is 7.07. The summed E-state index contributed by atoms with van der Waals surface area (Å²) in [7, 11) is 0. The van der Waals surface area contributed by atoms with Gasteiger partial charge in [-0.05, 0) is 38.0 Å². The van der Waals surface area contributed by atoms with Gasteiger partial charge in [0.2, 0.25) is 5.91 Å². The first-order valence-corrected chi connectivity index (χ1v) is 9.36. The zero-order chi connectivity index (χ0) is 19.6. The molecule has 0 saturated carbocycles. The molecule has 2 heterocycles. The van der Waals surface area contributed by atoms with Gasteiger partial charge < -0.3 is 9.88 Å². The third kappa shape index (κ3) is 3.90. The zero-order valence-corrected chi connectivity index (χ0v) is 16.5. The fourth-order valence-corrected chi connectivity index (χ4v) is 3.48. The SMILES string of the molecule is CCCNC(=O)Cn1ncc2c(C)n(Cc3cccc(Cl)c3)c(C)c2c1=O. The molecular formula is C20H23ClN4O2. The largest absolute Gasteiger partial charge is 0.355 e. The summed E-state index contributed by atoms with van der Waals surface area (Å²) in [6, 6.07) is 7.67. The molecule has 0 spiro atoms. The Balaban J connectivity index is 2.00. The molecule has 0 aliphatic rings. The summed E-state index contributed by atoms with van der Waals surface area (Å²) in [4.78, 5) is 24.9. The van der Waals surface area contributed by atoms with Crippen molar-refractivity contribution in [2.24, 2.45) is 0 Å². The highest BCUT2D eigenvalue weighted by Crippen LogP contribution is 2.23. The number of carbonyl (C=O) groups is 1. The fraction of sp³-hybridized carbons (Fsp3) is 0.350. The van der Waals surface area contributed by atoms with Crippen LogP contribution in [-0.4, -0.2) is 26.8 Å². The van der Waals surface area contributed by atoms with Crippen LogP contribution >= 0.6 is 11.6 Å². The Labute approximate surface area is 162 Å². The first kappa shape index (κ1) is 19.2. The number of carbonyl (C=O) groups excluding carboxylic acids is 1. The van der Waals surface area contributed by atoms with E-state index in [1.54, 1.807) is 6.20 Å². The summed E-state index contributed by atoms with van der Waals surface area (Å²) in [6.45, 7) is 6.99. The highest BCUT2D eigenvalue weighted by molar-refractivity contribution is 6.30. The normalized spacial score (nSPS) is 11.1. The predicted octanol–water partition coefficient (Wildman–Crippen LogP) is 3.04. The van der Waals surface area contributed by atoms with Crippen molar-refractivity contribution in [1.82, 2.24) is 19.7 Å². The first-order valence-electron chi connectivity index (χ1n) is 8.99. The van der Waals surface area contributed by atoms with Gasteiger partial charge in [0.25, 0.3) is 5.56 Å². The minimum absolute atomic E-state index is 0.0767. The van der Waals surface area contributed by atoms with E-state index in [4.69, 9.17) is 11.6 Å². The summed E-state index contributed by atoms with van der Waals surface area (Å²) in [5, 5.41) is 9.07. The molecule has 1 amide bonds. The number of aromatic nitrogens is 3. The lowest BCUT2D eigenvalue weighted by Crippen LogP contribution is -2.34. The van der Waals surface area contributed by atoms with Crippen LogP contribution in [0.5, 0.6) is 0 Å². The summed E-state index contributed by atoms with van der Waals surface area (Å²) in [6.07, 6.45) is 2.51. The smallest absolute Gasteiger partial charge is 0.276 e. The molecule has 0 atom stereocenters. The van der Waals surface area contributed by atoms with E-state index in [-0.39, 0.29) is 18.0 Å². The maximum absolute atomic E-state index is 12.9. The molecule has 7 heteroatoms. The molecule has 0 aliphatic carbocycles. The Hall–Kier alpha value is -2.60. The number of rotatable bonds is 6. The Morgan fingerprint density at radius 3 is 2.74 bits per heavy atom. The van der Waals surface area contributed by atoms with Gasteiger partial charge in [-0.1, -0.05) is 30.7 Å². The van der Waals surface area contributed by atoms with E-state index in [2.05, 4.69) is 15.0 Å². The van der Waals surface area contributed by atoms with Gasteiger partial charge in [-0.2, -0.15) is 5.10 Å². The molecule has 1 aromatic carbocycles. The van der Waals surface area contributed by atoms with Crippen molar-refractivity contribution in [3.05, 3.63) is 62.8 Å². The summed E-state index contributed by atoms with van der Waals surface area (Å²) in [5.41, 5.74) is 2.64. The van der Waals surface area contributed by atoms with Crippen molar-refractivity contribution in [3.63, 3.8) is 0 Å². The van der Waals surface area contributed by atoms with Crippen molar-refractivity contribution in [1.29, 1.82) is 0 Å². The van der Waals surface area contributed by atoms with E-state index in [1.807, 2.05) is 45.0 Å². The van der Waals surface area contributed by atoms with Gasteiger partial charge in [-0.3, -0.25) is 9.59 Å². The van der Waals surface area contributed by atoms with Crippen LogP contribution in [0, 0.1) is 13.8 Å². The number of hydrogen-bond acceptors (Lipinski definition) is 3. The lowest BCUT2D eigenvalue weighted by atomic mass is 10.2. The van der Waals surface area contributed by atoms with Crippen molar-refractivity contribution in [3.8, 4) is 0 Å². The number of benzene rings is 1. The third-order valence-corrected chi connectivity index (χ3v) is 4.94. The molecule has 1 N–H and O–H groups in total. The fourth-order valence-electron chi connectivity index (χ4n) is 3.27. The van der Waals surface area contributed by atoms with Crippen LogP contribution in [0.4, 0.5) is 0 Å². The van der Waals surface area contributed by atoms with Crippen molar-refractivity contribution in [2.75, 3.05) is 6.54 Å². The summed E-state index contributed by atoms with van der Waals surface area (Å²) < 4.78 is 3.31. The van der Waals surface area contributed by atoms with Crippen LogP contribution in [0.15, 0.2) is 35.3 Å². The van der Waals surface area contributed by atoms with E-state index < -0.39 is 0 Å². The number of fused-ring (bicyclic) bond motifs is 1. The highest BCUT2D eigenvalue weighted by atomic mass is 35.5. The zero-order valence-electron chi connectivity index (χ0n) is 15.8. The van der Waals surface area contributed by atoms with Crippen LogP contribution in [-0.2, 0) is 17.9 Å². The standard InChI is InChI=1S/C20H23ClN4O2/c1-4-8-22-18(26)12-25-20(27)19-14(3)24(13(2)17(19)10-23-25)11-15-6-5-7-16(21)9-15/h5-7,9-10H,4,8,11-12H2,1-3H3,(H,22,26). The number of hydrogen-bond donors (Lipinski definition) is 1. The molecule has 2 aromatic heterocycles. The van der Waals surface area contributed by atoms with Crippen LogP contribution in [0.3, 0.4) is 0 Å². The monoisotopic (exact) mass is 386 g/mol. The molecule has 3 aromatic rings. The molecule has 3 rings (SSSR count). The third-order valence-electron chi connectivity index (χ3n) is 4.70. The number of amides is 1. The number of nitrogens with zero attached hydrogens (tertiary/aromatic N) is 3. The topological polar surface area (TPSA) is 68.9 Å². The van der Waals surface area contributed by atoms with E-state index in [9.17, 15) is 9.59 Å². The summed E-state index contributed by atoms with van der Waals surface area (Å²) >= 11 is 6.09. The molecule has 142 valence electrons. The van der Waals surface area contributed by atoms with Gasteiger partial charge in [0.1, 0.15) is 6.54 Å². The van der Waals surface area contributed by atoms with Crippen LogP contribution in [0.25, 0.3) is 10.8 Å². The van der Waals surface area contributed by atoms with E-state index in [0.717, 1.165) is 28.8 Å². The average molecular weight is 387 g/mol. The molecule has 0 aliphatic heterocycles. The maximum atomic E-state index is 12.9. The Morgan fingerprint density at radius 2 is 2.04 bits per heavy atom. The highest BCUT2D eigenvalue weighted by Gasteiger charge is 2.17. The first-order chi connectivity index (χ1) is 12.9. The van der Waals surface area contributed by atoms with Crippen molar-refractivity contribution < 1.29 is 4.79 Å². The number of nitrogens with one attached hydrogen (secondary N) is 1. The lowest BCUT2D eigenvalue weighted by Gasteiger charge is -2.09. The molecule has 6 nitrogen and oxygen atoms in total. The van der Waals surface area contributed by atoms with Crippen molar-refractivity contribution >= 4 is 28.3 Å². The minimum atomic E-state index is -0.246. The maximum Gasteiger partial charge on any atom is 0.276 e. The van der Waals surface area contributed by atoms with Crippen LogP contribution in [0.2, 0.25) is 5.02 Å². The van der Waals surface area contributed by atoms with Gasteiger partial charge in [0.05, 0.1) is 11.6 Å². The number of halogens is 1. The van der Waals surface area contributed by atoms with Gasteiger partial charge >= 0.3 is 0 Å². The Bertz CT molecular complexity index is 1050.